The average molecular weight is 592 g/mol. The van der Waals surface area contributed by atoms with Crippen LogP contribution in [0.1, 0.15) is 113 Å². The van der Waals surface area contributed by atoms with Gasteiger partial charge in [0.05, 0.1) is 12.6 Å². The van der Waals surface area contributed by atoms with Gasteiger partial charge in [-0.25, -0.2) is 0 Å². The van der Waals surface area contributed by atoms with Crippen molar-refractivity contribution in [2.24, 2.45) is 0 Å². The van der Waals surface area contributed by atoms with Gasteiger partial charge in [-0.05, 0) is 97.9 Å². The SMILES string of the molecule is CCCCCCCCn1c(=O)c(OC/C=C(\C)CCC=C(C)C)c(OC/C=C(\C)CCC=C(C)C)c2ccc(OC)cc21. The van der Waals surface area contributed by atoms with Gasteiger partial charge in [-0.3, -0.25) is 4.79 Å². The monoisotopic (exact) mass is 591 g/mol. The molecule has 0 radical (unpaired) electrons. The number of ether oxygens (including phenoxy) is 3. The Balaban J connectivity index is 2.44. The third kappa shape index (κ3) is 12.9. The highest BCUT2D eigenvalue weighted by Gasteiger charge is 2.20. The molecule has 1 aromatic heterocycles. The van der Waals surface area contributed by atoms with Gasteiger partial charge in [0.2, 0.25) is 5.75 Å². The molecule has 0 N–H and O–H groups in total. The first-order valence-electron chi connectivity index (χ1n) is 16.3. The molecule has 0 atom stereocenters. The summed E-state index contributed by atoms with van der Waals surface area (Å²) in [7, 11) is 1.65. The number of hydrogen-bond donors (Lipinski definition) is 0. The number of aryl methyl sites for hydroxylation is 1. The Morgan fingerprint density at radius 1 is 0.744 bits per heavy atom. The predicted molar refractivity (Wildman–Crippen MR) is 184 cm³/mol. The van der Waals surface area contributed by atoms with Gasteiger partial charge in [0.15, 0.2) is 5.75 Å². The molecule has 43 heavy (non-hydrogen) atoms. The van der Waals surface area contributed by atoms with Crippen molar-refractivity contribution in [1.29, 1.82) is 0 Å². The maximum Gasteiger partial charge on any atom is 0.297 e. The number of unbranched alkanes of at least 4 members (excludes halogenated alkanes) is 5. The van der Waals surface area contributed by atoms with Crippen LogP contribution in [-0.4, -0.2) is 24.9 Å². The van der Waals surface area contributed by atoms with E-state index in [0.29, 0.717) is 31.3 Å². The fourth-order valence-electron chi connectivity index (χ4n) is 4.96. The van der Waals surface area contributed by atoms with Crippen molar-refractivity contribution in [1.82, 2.24) is 4.57 Å². The van der Waals surface area contributed by atoms with Crippen molar-refractivity contribution in [2.45, 2.75) is 119 Å². The Morgan fingerprint density at radius 3 is 1.86 bits per heavy atom. The molecule has 0 aliphatic carbocycles. The van der Waals surface area contributed by atoms with E-state index < -0.39 is 0 Å². The minimum absolute atomic E-state index is 0.149. The third-order valence-corrected chi connectivity index (χ3v) is 7.62. The molecule has 0 aliphatic rings. The Morgan fingerprint density at radius 2 is 1.30 bits per heavy atom. The lowest BCUT2D eigenvalue weighted by Gasteiger charge is -2.19. The molecule has 1 aromatic carbocycles. The maximum absolute atomic E-state index is 14.1. The molecule has 5 nitrogen and oxygen atoms in total. The molecule has 1 heterocycles. The zero-order valence-corrected chi connectivity index (χ0v) is 28.3. The number of rotatable bonds is 20. The summed E-state index contributed by atoms with van der Waals surface area (Å²) in [5, 5.41) is 0.862. The fraction of sp³-hybridized carbons (Fsp3) is 0.553. The highest BCUT2D eigenvalue weighted by atomic mass is 16.5. The Labute approximate surface area is 261 Å². The van der Waals surface area contributed by atoms with Crippen LogP contribution in [0.25, 0.3) is 10.9 Å². The molecule has 0 fully saturated rings. The minimum Gasteiger partial charge on any atom is -0.497 e. The first-order chi connectivity index (χ1) is 20.7. The topological polar surface area (TPSA) is 49.7 Å². The van der Waals surface area contributed by atoms with Gasteiger partial charge < -0.3 is 18.8 Å². The zero-order valence-electron chi connectivity index (χ0n) is 28.3. The molecule has 2 rings (SSSR count). The van der Waals surface area contributed by atoms with Crippen LogP contribution >= 0.6 is 0 Å². The Hall–Kier alpha value is -3.21. The number of hydrogen-bond acceptors (Lipinski definition) is 4. The van der Waals surface area contributed by atoms with Crippen LogP contribution < -0.4 is 19.8 Å². The lowest BCUT2D eigenvalue weighted by atomic mass is 10.1. The Bertz CT molecular complexity index is 1320. The molecule has 0 saturated carbocycles. The fourth-order valence-corrected chi connectivity index (χ4v) is 4.96. The van der Waals surface area contributed by atoms with Crippen molar-refractivity contribution in [2.75, 3.05) is 20.3 Å². The van der Waals surface area contributed by atoms with Crippen LogP contribution in [-0.2, 0) is 6.54 Å². The number of aromatic nitrogens is 1. The van der Waals surface area contributed by atoms with E-state index in [4.69, 9.17) is 14.2 Å². The molecule has 0 amide bonds. The van der Waals surface area contributed by atoms with Crippen LogP contribution in [0.15, 0.2) is 69.6 Å². The average Bonchev–Trinajstić information content (AvgIpc) is 2.96. The second-order valence-corrected chi connectivity index (χ2v) is 12.1. The summed E-state index contributed by atoms with van der Waals surface area (Å²) >= 11 is 0. The zero-order chi connectivity index (χ0) is 31.6. The summed E-state index contributed by atoms with van der Waals surface area (Å²) < 4.78 is 20.0. The molecule has 238 valence electrons. The largest absolute Gasteiger partial charge is 0.497 e. The van der Waals surface area contributed by atoms with Gasteiger partial charge in [0, 0.05) is 18.0 Å². The minimum atomic E-state index is -0.149. The number of pyridine rings is 1. The summed E-state index contributed by atoms with van der Waals surface area (Å²) in [6, 6.07) is 5.85. The van der Waals surface area contributed by atoms with Gasteiger partial charge >= 0.3 is 0 Å². The van der Waals surface area contributed by atoms with E-state index >= 15 is 0 Å². The maximum atomic E-state index is 14.1. The number of methoxy groups -OCH3 is 1. The lowest BCUT2D eigenvalue weighted by Crippen LogP contribution is -2.24. The Kier molecular flexibility index (Phi) is 16.6. The van der Waals surface area contributed by atoms with Gasteiger partial charge in [0.25, 0.3) is 5.56 Å². The lowest BCUT2D eigenvalue weighted by molar-refractivity contribution is 0.303. The summed E-state index contributed by atoms with van der Waals surface area (Å²) in [6.45, 7) is 16.3. The number of nitrogens with zero attached hydrogens (tertiary/aromatic N) is 1. The highest BCUT2D eigenvalue weighted by Crippen LogP contribution is 2.35. The van der Waals surface area contributed by atoms with E-state index in [1.807, 2.05) is 22.8 Å². The molecular formula is C38H57NO4. The van der Waals surface area contributed by atoms with E-state index in [-0.39, 0.29) is 11.3 Å². The molecule has 0 aliphatic heterocycles. The van der Waals surface area contributed by atoms with Crippen molar-refractivity contribution in [3.8, 4) is 17.2 Å². The number of benzene rings is 1. The quantitative estimate of drug-likeness (QED) is 0.114. The van der Waals surface area contributed by atoms with E-state index in [1.54, 1.807) is 7.11 Å². The normalized spacial score (nSPS) is 11.9. The van der Waals surface area contributed by atoms with Gasteiger partial charge in [-0.2, -0.15) is 0 Å². The van der Waals surface area contributed by atoms with Crippen molar-refractivity contribution < 1.29 is 14.2 Å². The van der Waals surface area contributed by atoms with Crippen LogP contribution in [0.3, 0.4) is 0 Å². The molecule has 0 spiro atoms. The summed E-state index contributed by atoms with van der Waals surface area (Å²) in [6.07, 6.45) is 19.6. The van der Waals surface area contributed by atoms with Crippen molar-refractivity contribution in [3.63, 3.8) is 0 Å². The van der Waals surface area contributed by atoms with Gasteiger partial charge in [-0.15, -0.1) is 0 Å². The van der Waals surface area contributed by atoms with Gasteiger partial charge in [-0.1, -0.05) is 73.5 Å². The number of fused-ring (bicyclic) bond motifs is 1. The summed E-state index contributed by atoms with van der Waals surface area (Å²) in [5.74, 6) is 1.51. The third-order valence-electron chi connectivity index (χ3n) is 7.62. The first-order valence-corrected chi connectivity index (χ1v) is 16.3. The number of allylic oxidation sites excluding steroid dienone is 6. The second kappa shape index (κ2) is 19.9. The van der Waals surface area contributed by atoms with Crippen molar-refractivity contribution in [3.05, 3.63) is 75.1 Å². The predicted octanol–water partition coefficient (Wildman–Crippen LogP) is 10.5. The van der Waals surface area contributed by atoms with Crippen molar-refractivity contribution >= 4 is 10.9 Å². The molecule has 0 saturated heterocycles. The molecule has 2 aromatic rings. The van der Waals surface area contributed by atoms with Crippen LogP contribution in [0, 0.1) is 0 Å². The smallest absolute Gasteiger partial charge is 0.297 e. The summed E-state index contributed by atoms with van der Waals surface area (Å²) in [4.78, 5) is 14.1. The summed E-state index contributed by atoms with van der Waals surface area (Å²) in [5.41, 5.74) is 5.83. The standard InChI is InChI=1S/C38H57NO4/c1-9-10-11-12-13-14-25-39-35-28-33(41-8)21-22-34(35)36(42-26-23-31(6)19-15-17-29(2)3)37(38(39)40)43-27-24-32(7)20-16-18-30(4)5/h17-18,21-24,28H,9-16,19-20,25-27H2,1-8H3/b31-23+,32-24+. The van der Waals surface area contributed by atoms with E-state index in [2.05, 4.69) is 72.8 Å². The first kappa shape index (κ1) is 36.0. The van der Waals surface area contributed by atoms with E-state index in [1.165, 1.54) is 48.0 Å². The van der Waals surface area contributed by atoms with E-state index in [0.717, 1.165) is 49.4 Å². The molecule has 0 bridgehead atoms. The second-order valence-electron chi connectivity index (χ2n) is 12.1. The van der Waals surface area contributed by atoms with Crippen LogP contribution in [0.2, 0.25) is 0 Å². The highest BCUT2D eigenvalue weighted by molar-refractivity contribution is 5.89. The molecule has 5 heteroatoms. The molecular weight excluding hydrogens is 534 g/mol. The van der Waals surface area contributed by atoms with Crippen LogP contribution in [0.4, 0.5) is 0 Å². The van der Waals surface area contributed by atoms with E-state index in [9.17, 15) is 4.79 Å². The van der Waals surface area contributed by atoms with Crippen LogP contribution in [0.5, 0.6) is 17.2 Å². The van der Waals surface area contributed by atoms with Gasteiger partial charge in [0.1, 0.15) is 19.0 Å². The molecule has 0 unspecified atom stereocenters.